The number of rotatable bonds is 6. The molecule has 1 fully saturated rings. The van der Waals surface area contributed by atoms with Crippen LogP contribution in [-0.4, -0.2) is 36.6 Å². The van der Waals surface area contributed by atoms with E-state index in [4.69, 9.17) is 5.73 Å². The van der Waals surface area contributed by atoms with Crippen molar-refractivity contribution in [3.63, 3.8) is 0 Å². The molecular weight excluding hydrogens is 264 g/mol. The molecule has 21 heavy (non-hydrogen) atoms. The molecule has 4 N–H and O–H groups in total. The van der Waals surface area contributed by atoms with E-state index in [9.17, 15) is 4.79 Å². The van der Waals surface area contributed by atoms with Gasteiger partial charge in [-0.1, -0.05) is 12.1 Å². The van der Waals surface area contributed by atoms with Crippen molar-refractivity contribution in [3.8, 4) is 0 Å². The first-order valence-corrected chi connectivity index (χ1v) is 7.69. The minimum atomic E-state index is -0.534. The zero-order valence-corrected chi connectivity index (χ0v) is 12.9. The maximum absolute atomic E-state index is 10.8. The van der Waals surface area contributed by atoms with Gasteiger partial charge in [-0.05, 0) is 57.5 Å². The van der Waals surface area contributed by atoms with E-state index in [1.165, 1.54) is 31.5 Å². The molecular formula is C16H26N4O. The third-order valence-corrected chi connectivity index (χ3v) is 3.94. The fraction of sp³-hybridized carbons (Fsp3) is 0.562. The first-order valence-electron chi connectivity index (χ1n) is 7.69. The van der Waals surface area contributed by atoms with Crippen molar-refractivity contribution < 1.29 is 4.79 Å². The van der Waals surface area contributed by atoms with Crippen LogP contribution in [0.25, 0.3) is 0 Å². The number of nitrogens with one attached hydrogen (secondary N) is 2. The fourth-order valence-corrected chi connectivity index (χ4v) is 2.93. The highest BCUT2D eigenvalue weighted by atomic mass is 16.2. The van der Waals surface area contributed by atoms with Gasteiger partial charge in [-0.2, -0.15) is 0 Å². The predicted molar refractivity (Wildman–Crippen MR) is 86.3 cm³/mol. The molecule has 1 saturated heterocycles. The molecule has 0 saturated carbocycles. The molecule has 1 aromatic carbocycles. The van der Waals surface area contributed by atoms with E-state index >= 15 is 0 Å². The molecule has 0 radical (unpaired) electrons. The summed E-state index contributed by atoms with van der Waals surface area (Å²) in [7, 11) is 0. The van der Waals surface area contributed by atoms with Crippen LogP contribution in [0.3, 0.4) is 0 Å². The number of nitrogens with zero attached hydrogens (tertiary/aromatic N) is 1. The number of hydrogen-bond donors (Lipinski definition) is 3. The number of urea groups is 1. The van der Waals surface area contributed by atoms with Crippen molar-refractivity contribution in [3.05, 3.63) is 29.8 Å². The van der Waals surface area contributed by atoms with Crippen molar-refractivity contribution in [2.24, 2.45) is 5.73 Å². The van der Waals surface area contributed by atoms with E-state index in [1.54, 1.807) is 0 Å². The summed E-state index contributed by atoms with van der Waals surface area (Å²) < 4.78 is 0. The monoisotopic (exact) mass is 290 g/mol. The van der Waals surface area contributed by atoms with Crippen molar-refractivity contribution in [1.82, 2.24) is 10.2 Å². The van der Waals surface area contributed by atoms with Crippen LogP contribution >= 0.6 is 0 Å². The van der Waals surface area contributed by atoms with E-state index in [2.05, 4.69) is 29.4 Å². The summed E-state index contributed by atoms with van der Waals surface area (Å²) in [6.45, 7) is 7.96. The lowest BCUT2D eigenvalue weighted by molar-refractivity contribution is 0.259. The number of primary amides is 1. The van der Waals surface area contributed by atoms with Gasteiger partial charge in [0.05, 0.1) is 0 Å². The Labute approximate surface area is 126 Å². The Balaban J connectivity index is 1.84. The highest BCUT2D eigenvalue weighted by molar-refractivity contribution is 5.87. The molecule has 2 unspecified atom stereocenters. The molecule has 0 aliphatic carbocycles. The maximum Gasteiger partial charge on any atom is 0.316 e. The second-order valence-corrected chi connectivity index (χ2v) is 5.91. The molecule has 0 aromatic heterocycles. The van der Waals surface area contributed by atoms with Gasteiger partial charge in [-0.3, -0.25) is 0 Å². The second kappa shape index (κ2) is 7.43. The molecule has 5 nitrogen and oxygen atoms in total. The van der Waals surface area contributed by atoms with Gasteiger partial charge < -0.3 is 21.3 Å². The van der Waals surface area contributed by atoms with Crippen LogP contribution < -0.4 is 16.4 Å². The average molecular weight is 290 g/mol. The molecule has 1 heterocycles. The SMILES string of the molecule is CC(CN1CCCC1)NC(C)c1ccc(NC(N)=O)cc1. The maximum atomic E-state index is 10.8. The van der Waals surface area contributed by atoms with Gasteiger partial charge in [-0.25, -0.2) is 4.79 Å². The number of anilines is 1. The fourth-order valence-electron chi connectivity index (χ4n) is 2.93. The number of carbonyl (C=O) groups is 1. The van der Waals surface area contributed by atoms with Crippen LogP contribution in [0.1, 0.15) is 38.3 Å². The van der Waals surface area contributed by atoms with Crippen molar-refractivity contribution in [2.75, 3.05) is 25.0 Å². The third-order valence-electron chi connectivity index (χ3n) is 3.94. The van der Waals surface area contributed by atoms with E-state index in [1.807, 2.05) is 24.3 Å². The standard InChI is InChI=1S/C16H26N4O/c1-12(11-20-9-3-4-10-20)18-13(2)14-5-7-15(8-6-14)19-16(17)21/h5-8,12-13,18H,3-4,9-11H2,1-2H3,(H3,17,19,21). The summed E-state index contributed by atoms with van der Waals surface area (Å²) in [6, 6.07) is 8.00. The lowest BCUT2D eigenvalue weighted by atomic mass is 10.1. The minimum absolute atomic E-state index is 0.283. The van der Waals surface area contributed by atoms with E-state index in [0.29, 0.717) is 6.04 Å². The van der Waals surface area contributed by atoms with Crippen molar-refractivity contribution in [1.29, 1.82) is 0 Å². The van der Waals surface area contributed by atoms with Crippen LogP contribution in [0.5, 0.6) is 0 Å². The van der Waals surface area contributed by atoms with Gasteiger partial charge in [0.2, 0.25) is 0 Å². The predicted octanol–water partition coefficient (Wildman–Crippen LogP) is 2.31. The summed E-state index contributed by atoms with van der Waals surface area (Å²) in [4.78, 5) is 13.3. The smallest absolute Gasteiger partial charge is 0.316 e. The molecule has 0 bridgehead atoms. The molecule has 2 rings (SSSR count). The molecule has 1 aliphatic rings. The van der Waals surface area contributed by atoms with Gasteiger partial charge in [0.25, 0.3) is 0 Å². The summed E-state index contributed by atoms with van der Waals surface area (Å²) in [5, 5.41) is 6.20. The summed E-state index contributed by atoms with van der Waals surface area (Å²) in [5.41, 5.74) is 7.03. The summed E-state index contributed by atoms with van der Waals surface area (Å²) in [6.07, 6.45) is 2.66. The topological polar surface area (TPSA) is 70.4 Å². The van der Waals surface area contributed by atoms with Crippen molar-refractivity contribution >= 4 is 11.7 Å². The zero-order valence-electron chi connectivity index (χ0n) is 12.9. The number of nitrogens with two attached hydrogens (primary N) is 1. The van der Waals surface area contributed by atoms with Gasteiger partial charge in [0.1, 0.15) is 0 Å². The molecule has 0 spiro atoms. The number of hydrogen-bond acceptors (Lipinski definition) is 3. The summed E-state index contributed by atoms with van der Waals surface area (Å²) in [5.74, 6) is 0. The molecule has 1 aliphatic heterocycles. The minimum Gasteiger partial charge on any atom is -0.351 e. The Morgan fingerprint density at radius 1 is 1.24 bits per heavy atom. The molecule has 116 valence electrons. The molecule has 5 heteroatoms. The number of benzene rings is 1. The lowest BCUT2D eigenvalue weighted by Gasteiger charge is -2.25. The normalized spacial score (nSPS) is 18.4. The highest BCUT2D eigenvalue weighted by Gasteiger charge is 2.16. The highest BCUT2D eigenvalue weighted by Crippen LogP contribution is 2.17. The van der Waals surface area contributed by atoms with E-state index in [-0.39, 0.29) is 6.04 Å². The molecule has 2 amide bonds. The first kappa shape index (κ1) is 15.8. The number of likely N-dealkylation sites (tertiary alicyclic amines) is 1. The van der Waals surface area contributed by atoms with Gasteiger partial charge in [0.15, 0.2) is 0 Å². The van der Waals surface area contributed by atoms with Gasteiger partial charge in [-0.15, -0.1) is 0 Å². The molecule has 2 atom stereocenters. The van der Waals surface area contributed by atoms with Crippen LogP contribution in [-0.2, 0) is 0 Å². The Bertz CT molecular complexity index is 454. The van der Waals surface area contributed by atoms with E-state index < -0.39 is 6.03 Å². The van der Waals surface area contributed by atoms with Crippen molar-refractivity contribution in [2.45, 2.75) is 38.8 Å². The summed E-state index contributed by atoms with van der Waals surface area (Å²) >= 11 is 0. The van der Waals surface area contributed by atoms with E-state index in [0.717, 1.165) is 12.2 Å². The Morgan fingerprint density at radius 3 is 2.43 bits per heavy atom. The second-order valence-electron chi connectivity index (χ2n) is 5.91. The quantitative estimate of drug-likeness (QED) is 0.753. The zero-order chi connectivity index (χ0) is 15.2. The Morgan fingerprint density at radius 2 is 1.86 bits per heavy atom. The van der Waals surface area contributed by atoms with Gasteiger partial charge in [0, 0.05) is 24.3 Å². The lowest BCUT2D eigenvalue weighted by Crippen LogP contribution is -2.39. The van der Waals surface area contributed by atoms with Crippen LogP contribution in [0.2, 0.25) is 0 Å². The average Bonchev–Trinajstić information content (AvgIpc) is 2.91. The first-order chi connectivity index (χ1) is 10.0. The number of amides is 2. The van der Waals surface area contributed by atoms with Crippen LogP contribution in [0.4, 0.5) is 10.5 Å². The number of carbonyl (C=O) groups excluding carboxylic acids is 1. The van der Waals surface area contributed by atoms with Gasteiger partial charge >= 0.3 is 6.03 Å². The Kier molecular flexibility index (Phi) is 5.59. The van der Waals surface area contributed by atoms with Crippen LogP contribution in [0, 0.1) is 0 Å². The third kappa shape index (κ3) is 5.02. The van der Waals surface area contributed by atoms with Crippen LogP contribution in [0.15, 0.2) is 24.3 Å². The molecule has 1 aromatic rings. The largest absolute Gasteiger partial charge is 0.351 e. The Hall–Kier alpha value is -1.59.